The van der Waals surface area contributed by atoms with Gasteiger partial charge in [-0.15, -0.1) is 0 Å². The first-order valence-electron chi connectivity index (χ1n) is 10.1. The van der Waals surface area contributed by atoms with Crippen LogP contribution in [0.15, 0.2) is 80.5 Å². The maximum absolute atomic E-state index is 13.1. The maximum Gasteiger partial charge on any atom is 0.362 e. The molecule has 0 radical (unpaired) electrons. The maximum atomic E-state index is 13.1. The Morgan fingerprint density at radius 1 is 0.938 bits per heavy atom. The van der Waals surface area contributed by atoms with E-state index in [0.717, 1.165) is 11.1 Å². The van der Waals surface area contributed by atoms with Gasteiger partial charge in [0.15, 0.2) is 11.4 Å². The number of carbonyl (C=O) groups excluding carboxylic acids is 1. The van der Waals surface area contributed by atoms with Gasteiger partial charge in [-0.1, -0.05) is 47.1 Å². The van der Waals surface area contributed by atoms with Gasteiger partial charge in [-0.25, -0.2) is 4.79 Å². The van der Waals surface area contributed by atoms with E-state index in [1.54, 1.807) is 37.4 Å². The summed E-state index contributed by atoms with van der Waals surface area (Å²) in [7, 11) is 1.69. The van der Waals surface area contributed by atoms with Crippen molar-refractivity contribution in [3.05, 3.63) is 88.3 Å². The van der Waals surface area contributed by atoms with Gasteiger partial charge >= 0.3 is 5.63 Å². The molecule has 0 unspecified atom stereocenters. The number of nitrogens with one attached hydrogen (secondary N) is 2. The summed E-state index contributed by atoms with van der Waals surface area (Å²) in [5.74, 6) is 0.137. The van der Waals surface area contributed by atoms with E-state index in [0.29, 0.717) is 38.9 Å². The number of fused-ring (bicyclic) bond motifs is 2. The number of aryl methyl sites for hydroxylation is 1. The van der Waals surface area contributed by atoms with E-state index in [9.17, 15) is 9.59 Å². The largest absolute Gasteiger partial charge is 0.421 e. The number of carbonyl (C=O) groups is 1. The molecule has 7 heteroatoms. The molecular formula is C25H19N3O4. The van der Waals surface area contributed by atoms with Crippen molar-refractivity contribution in [2.45, 2.75) is 6.92 Å². The summed E-state index contributed by atoms with van der Waals surface area (Å²) < 4.78 is 10.9. The molecule has 0 saturated carbocycles. The van der Waals surface area contributed by atoms with E-state index < -0.39 is 11.5 Å². The highest BCUT2D eigenvalue weighted by Crippen LogP contribution is 2.31. The molecule has 2 aromatic heterocycles. The molecule has 0 saturated heterocycles. The highest BCUT2D eigenvalue weighted by atomic mass is 16.5. The van der Waals surface area contributed by atoms with E-state index in [2.05, 4.69) is 15.8 Å². The zero-order valence-corrected chi connectivity index (χ0v) is 17.4. The van der Waals surface area contributed by atoms with Crippen molar-refractivity contribution in [2.24, 2.45) is 0 Å². The van der Waals surface area contributed by atoms with Crippen LogP contribution in [-0.2, 0) is 0 Å². The van der Waals surface area contributed by atoms with E-state index in [-0.39, 0.29) is 5.69 Å². The van der Waals surface area contributed by atoms with Crippen molar-refractivity contribution in [1.29, 1.82) is 0 Å². The fourth-order valence-corrected chi connectivity index (χ4v) is 3.70. The minimum absolute atomic E-state index is 0.0559. The average Bonchev–Trinajstić information content (AvgIpc) is 3.23. The zero-order valence-electron chi connectivity index (χ0n) is 17.4. The van der Waals surface area contributed by atoms with Gasteiger partial charge in [-0.2, -0.15) is 0 Å². The van der Waals surface area contributed by atoms with Crippen molar-refractivity contribution in [3.63, 3.8) is 0 Å². The Morgan fingerprint density at radius 2 is 1.72 bits per heavy atom. The van der Waals surface area contributed by atoms with Gasteiger partial charge in [0.1, 0.15) is 11.1 Å². The summed E-state index contributed by atoms with van der Waals surface area (Å²) in [4.78, 5) is 25.6. The number of para-hydroxylation sites is 1. The Labute approximate surface area is 182 Å². The molecule has 5 rings (SSSR count). The predicted octanol–water partition coefficient (Wildman–Crippen LogP) is 5.20. The van der Waals surface area contributed by atoms with Crippen LogP contribution in [0.3, 0.4) is 0 Å². The summed E-state index contributed by atoms with van der Waals surface area (Å²) in [6.07, 6.45) is 0. The number of nitrogens with zero attached hydrogens (tertiary/aromatic N) is 1. The third kappa shape index (κ3) is 3.30. The van der Waals surface area contributed by atoms with Crippen LogP contribution in [0.5, 0.6) is 0 Å². The van der Waals surface area contributed by atoms with Crippen LogP contribution in [0.25, 0.3) is 33.2 Å². The van der Waals surface area contributed by atoms with Gasteiger partial charge in [-0.3, -0.25) is 4.79 Å². The molecule has 0 fully saturated rings. The lowest BCUT2D eigenvalue weighted by atomic mass is 10.0. The van der Waals surface area contributed by atoms with Crippen LogP contribution in [0.2, 0.25) is 0 Å². The van der Waals surface area contributed by atoms with Crippen LogP contribution < -0.4 is 16.3 Å². The number of hydrogen-bond donors (Lipinski definition) is 2. The summed E-state index contributed by atoms with van der Waals surface area (Å²) in [5, 5.41) is 11.2. The van der Waals surface area contributed by atoms with Gasteiger partial charge in [-0.05, 0) is 37.3 Å². The predicted molar refractivity (Wildman–Crippen MR) is 124 cm³/mol. The molecule has 3 aromatic carbocycles. The SMILES string of the molecule is CNc1c(NC(=O)c2ccc3noc(-c4ccc(C)cc4)c3c2)c(=O)oc2ccccc12. The van der Waals surface area contributed by atoms with E-state index in [4.69, 9.17) is 8.94 Å². The van der Waals surface area contributed by atoms with Gasteiger partial charge in [0, 0.05) is 23.6 Å². The van der Waals surface area contributed by atoms with Gasteiger partial charge in [0.25, 0.3) is 5.91 Å². The lowest BCUT2D eigenvalue weighted by Gasteiger charge is -2.12. The Bertz CT molecular complexity index is 1530. The smallest absolute Gasteiger partial charge is 0.362 e. The van der Waals surface area contributed by atoms with Crippen LogP contribution in [-0.4, -0.2) is 18.1 Å². The first-order valence-corrected chi connectivity index (χ1v) is 10.1. The number of benzene rings is 3. The minimum atomic E-state index is -0.632. The number of hydrogen-bond acceptors (Lipinski definition) is 6. The molecule has 0 aliphatic heterocycles. The van der Waals surface area contributed by atoms with Crippen molar-refractivity contribution in [3.8, 4) is 11.3 Å². The lowest BCUT2D eigenvalue weighted by molar-refractivity contribution is 0.102. The second-order valence-corrected chi connectivity index (χ2v) is 7.45. The fraction of sp³-hybridized carbons (Fsp3) is 0.0800. The number of aromatic nitrogens is 1. The molecule has 5 aromatic rings. The van der Waals surface area contributed by atoms with Gasteiger partial charge in [0.2, 0.25) is 0 Å². The van der Waals surface area contributed by atoms with Crippen molar-refractivity contribution in [2.75, 3.05) is 17.7 Å². The first kappa shape index (κ1) is 19.6. The Balaban J connectivity index is 1.55. The molecule has 0 bridgehead atoms. The lowest BCUT2D eigenvalue weighted by Crippen LogP contribution is -2.19. The molecule has 0 spiro atoms. The fourth-order valence-electron chi connectivity index (χ4n) is 3.70. The third-order valence-corrected chi connectivity index (χ3v) is 5.35. The summed E-state index contributed by atoms with van der Waals surface area (Å²) in [5.41, 5.74) is 3.36. The highest BCUT2D eigenvalue weighted by Gasteiger charge is 2.19. The molecule has 0 aliphatic carbocycles. The monoisotopic (exact) mass is 425 g/mol. The standard InChI is InChI=1S/C25H19N3O4/c1-14-7-9-15(10-8-14)23-18-13-16(11-12-19(18)28-32-23)24(29)27-22-21(26-2)17-5-3-4-6-20(17)31-25(22)30/h3-13,26H,1-2H3,(H,27,29). The van der Waals surface area contributed by atoms with Crippen molar-refractivity contribution >= 4 is 39.2 Å². The van der Waals surface area contributed by atoms with Crippen LogP contribution >= 0.6 is 0 Å². The summed E-state index contributed by atoms with van der Waals surface area (Å²) in [6.45, 7) is 2.01. The second kappa shape index (κ2) is 7.70. The highest BCUT2D eigenvalue weighted by molar-refractivity contribution is 6.10. The normalized spacial score (nSPS) is 11.1. The summed E-state index contributed by atoms with van der Waals surface area (Å²) >= 11 is 0. The number of rotatable bonds is 4. The second-order valence-electron chi connectivity index (χ2n) is 7.45. The van der Waals surface area contributed by atoms with E-state index >= 15 is 0 Å². The molecule has 2 heterocycles. The molecule has 158 valence electrons. The molecule has 7 nitrogen and oxygen atoms in total. The first-order chi connectivity index (χ1) is 15.5. The molecule has 32 heavy (non-hydrogen) atoms. The van der Waals surface area contributed by atoms with Crippen LogP contribution in [0.4, 0.5) is 11.4 Å². The Morgan fingerprint density at radius 3 is 2.50 bits per heavy atom. The quantitative estimate of drug-likeness (QED) is 0.384. The molecule has 0 aliphatic rings. The third-order valence-electron chi connectivity index (χ3n) is 5.35. The number of anilines is 2. The molecule has 0 atom stereocenters. The van der Waals surface area contributed by atoms with Crippen LogP contribution in [0, 0.1) is 6.92 Å². The number of amides is 1. The zero-order chi connectivity index (χ0) is 22.2. The van der Waals surface area contributed by atoms with E-state index in [1.165, 1.54) is 0 Å². The van der Waals surface area contributed by atoms with Gasteiger partial charge in [0.05, 0.1) is 11.1 Å². The molecule has 1 amide bonds. The topological polar surface area (TPSA) is 97.4 Å². The van der Waals surface area contributed by atoms with Gasteiger partial charge < -0.3 is 19.6 Å². The van der Waals surface area contributed by atoms with E-state index in [1.807, 2.05) is 43.3 Å². The van der Waals surface area contributed by atoms with Crippen molar-refractivity contribution < 1.29 is 13.7 Å². The Hall–Kier alpha value is -4.39. The van der Waals surface area contributed by atoms with Crippen LogP contribution in [0.1, 0.15) is 15.9 Å². The average molecular weight is 425 g/mol. The molecular weight excluding hydrogens is 406 g/mol. The molecule has 2 N–H and O–H groups in total. The minimum Gasteiger partial charge on any atom is -0.421 e. The van der Waals surface area contributed by atoms with Crippen molar-refractivity contribution in [1.82, 2.24) is 5.16 Å². The Kier molecular flexibility index (Phi) is 4.71. The summed E-state index contributed by atoms with van der Waals surface area (Å²) in [6, 6.07) is 20.1.